The first-order chi connectivity index (χ1) is 11.6. The molecule has 0 saturated carbocycles. The van der Waals surface area contributed by atoms with Crippen LogP contribution >= 0.6 is 0 Å². The highest BCUT2D eigenvalue weighted by atomic mass is 16.7. The van der Waals surface area contributed by atoms with Gasteiger partial charge in [0.05, 0.1) is 0 Å². The average Bonchev–Trinajstić information content (AvgIpc) is 3.06. The van der Waals surface area contributed by atoms with Crippen LogP contribution in [-0.2, 0) is 16.1 Å². The van der Waals surface area contributed by atoms with Gasteiger partial charge in [0.25, 0.3) is 0 Å². The van der Waals surface area contributed by atoms with Gasteiger partial charge in [-0.3, -0.25) is 14.6 Å². The number of aromatic nitrogens is 1. The van der Waals surface area contributed by atoms with Gasteiger partial charge in [0.1, 0.15) is 6.54 Å². The van der Waals surface area contributed by atoms with Crippen molar-refractivity contribution in [1.29, 1.82) is 0 Å². The molecule has 2 amide bonds. The van der Waals surface area contributed by atoms with Crippen LogP contribution < -0.4 is 19.7 Å². The lowest BCUT2D eigenvalue weighted by Crippen LogP contribution is -2.39. The monoisotopic (exact) mass is 327 g/mol. The Morgan fingerprint density at radius 1 is 1.17 bits per heavy atom. The first kappa shape index (κ1) is 15.8. The van der Waals surface area contributed by atoms with Gasteiger partial charge in [-0.2, -0.15) is 0 Å². The Bertz CT molecular complexity index is 749. The molecule has 24 heavy (non-hydrogen) atoms. The summed E-state index contributed by atoms with van der Waals surface area (Å²) in [4.78, 5) is 29.4. The molecule has 0 fully saturated rings. The van der Waals surface area contributed by atoms with Gasteiger partial charge in [0.15, 0.2) is 11.5 Å². The second kappa shape index (κ2) is 6.99. The molecule has 1 aliphatic heterocycles. The van der Waals surface area contributed by atoms with E-state index in [2.05, 4.69) is 10.3 Å². The Hall–Kier alpha value is -3.09. The van der Waals surface area contributed by atoms with Crippen molar-refractivity contribution >= 4 is 17.5 Å². The molecule has 3 rings (SSSR count). The Morgan fingerprint density at radius 2 is 1.92 bits per heavy atom. The number of anilines is 1. The molecule has 1 aliphatic rings. The largest absolute Gasteiger partial charge is 0.454 e. The molecule has 0 saturated heterocycles. The number of pyridine rings is 1. The van der Waals surface area contributed by atoms with E-state index in [1.807, 2.05) is 12.1 Å². The lowest BCUT2D eigenvalue weighted by atomic mass is 10.2. The van der Waals surface area contributed by atoms with Gasteiger partial charge in [-0.25, -0.2) is 0 Å². The quantitative estimate of drug-likeness (QED) is 0.900. The lowest BCUT2D eigenvalue weighted by Gasteiger charge is -2.21. The Kier molecular flexibility index (Phi) is 4.60. The van der Waals surface area contributed by atoms with E-state index in [1.54, 1.807) is 30.6 Å². The number of amides is 2. The van der Waals surface area contributed by atoms with Crippen molar-refractivity contribution in [2.24, 2.45) is 0 Å². The number of nitrogens with one attached hydrogen (secondary N) is 1. The molecule has 2 aromatic rings. The summed E-state index contributed by atoms with van der Waals surface area (Å²) >= 11 is 0. The molecule has 0 radical (unpaired) electrons. The van der Waals surface area contributed by atoms with Crippen molar-refractivity contribution in [3.05, 3.63) is 48.3 Å². The molecule has 0 aliphatic carbocycles. The number of benzene rings is 1. The third-order valence-corrected chi connectivity index (χ3v) is 3.59. The molecule has 0 atom stereocenters. The van der Waals surface area contributed by atoms with E-state index in [-0.39, 0.29) is 25.2 Å². The zero-order chi connectivity index (χ0) is 16.9. The number of hydrogen-bond acceptors (Lipinski definition) is 5. The maximum Gasteiger partial charge on any atom is 0.240 e. The fraction of sp³-hybridized carbons (Fsp3) is 0.235. The number of rotatable bonds is 5. The minimum absolute atomic E-state index is 0.0694. The predicted molar refractivity (Wildman–Crippen MR) is 86.7 cm³/mol. The predicted octanol–water partition coefficient (Wildman–Crippen LogP) is 1.48. The number of hydrogen-bond donors (Lipinski definition) is 1. The summed E-state index contributed by atoms with van der Waals surface area (Å²) in [5, 5.41) is 2.79. The molecular formula is C17H17N3O4. The molecule has 1 aromatic carbocycles. The highest BCUT2D eigenvalue weighted by molar-refractivity contribution is 5.97. The Labute approximate surface area is 139 Å². The van der Waals surface area contributed by atoms with Gasteiger partial charge >= 0.3 is 0 Å². The smallest absolute Gasteiger partial charge is 0.240 e. The standard InChI is InChI=1S/C17H17N3O4/c1-12(21)20(14-2-3-15-16(8-14)24-11-23-15)10-17(22)19-9-13-4-6-18-7-5-13/h2-8H,9-11H2,1H3,(H,19,22). The van der Waals surface area contributed by atoms with Crippen LogP contribution in [0.3, 0.4) is 0 Å². The zero-order valence-electron chi connectivity index (χ0n) is 13.2. The molecule has 0 bridgehead atoms. The third kappa shape index (κ3) is 3.62. The van der Waals surface area contributed by atoms with Crippen molar-refractivity contribution in [3.63, 3.8) is 0 Å². The Morgan fingerprint density at radius 3 is 2.67 bits per heavy atom. The van der Waals surface area contributed by atoms with Crippen LogP contribution in [0.2, 0.25) is 0 Å². The minimum Gasteiger partial charge on any atom is -0.454 e. The molecular weight excluding hydrogens is 310 g/mol. The van der Waals surface area contributed by atoms with Crippen LogP contribution in [0.4, 0.5) is 5.69 Å². The van der Waals surface area contributed by atoms with Gasteiger partial charge in [-0.15, -0.1) is 0 Å². The highest BCUT2D eigenvalue weighted by Crippen LogP contribution is 2.35. The van der Waals surface area contributed by atoms with Gasteiger partial charge in [0.2, 0.25) is 18.6 Å². The van der Waals surface area contributed by atoms with Gasteiger partial charge < -0.3 is 19.7 Å². The van der Waals surface area contributed by atoms with Crippen molar-refractivity contribution < 1.29 is 19.1 Å². The van der Waals surface area contributed by atoms with E-state index in [0.717, 1.165) is 5.56 Å². The summed E-state index contributed by atoms with van der Waals surface area (Å²) in [6.07, 6.45) is 3.33. The molecule has 0 unspecified atom stereocenters. The molecule has 7 heteroatoms. The number of carbonyl (C=O) groups excluding carboxylic acids is 2. The summed E-state index contributed by atoms with van der Waals surface area (Å²) < 4.78 is 10.6. The van der Waals surface area contributed by atoms with Crippen LogP contribution in [0.25, 0.3) is 0 Å². The van der Waals surface area contributed by atoms with E-state index in [1.165, 1.54) is 11.8 Å². The first-order valence-electron chi connectivity index (χ1n) is 7.47. The van der Waals surface area contributed by atoms with Gasteiger partial charge in [0, 0.05) is 37.6 Å². The summed E-state index contributed by atoms with van der Waals surface area (Å²) in [7, 11) is 0. The summed E-state index contributed by atoms with van der Waals surface area (Å²) in [5.41, 5.74) is 1.53. The van der Waals surface area contributed by atoms with Crippen LogP contribution in [-0.4, -0.2) is 30.1 Å². The van der Waals surface area contributed by atoms with Crippen LogP contribution in [0, 0.1) is 0 Å². The van der Waals surface area contributed by atoms with E-state index < -0.39 is 0 Å². The van der Waals surface area contributed by atoms with Gasteiger partial charge in [-0.1, -0.05) is 0 Å². The number of nitrogens with zero attached hydrogens (tertiary/aromatic N) is 2. The third-order valence-electron chi connectivity index (χ3n) is 3.59. The maximum absolute atomic E-state index is 12.2. The first-order valence-corrected chi connectivity index (χ1v) is 7.47. The summed E-state index contributed by atoms with van der Waals surface area (Å²) in [5.74, 6) is 0.716. The lowest BCUT2D eigenvalue weighted by molar-refractivity contribution is -0.123. The fourth-order valence-electron chi connectivity index (χ4n) is 2.34. The van der Waals surface area contributed by atoms with E-state index in [4.69, 9.17) is 9.47 Å². The SMILES string of the molecule is CC(=O)N(CC(=O)NCc1ccncc1)c1ccc2c(c1)OCO2. The summed E-state index contributed by atoms with van der Waals surface area (Å²) in [6.45, 7) is 1.89. The van der Waals surface area contributed by atoms with E-state index in [0.29, 0.717) is 23.7 Å². The number of carbonyl (C=O) groups is 2. The average molecular weight is 327 g/mol. The number of ether oxygens (including phenoxy) is 2. The van der Waals surface area contributed by atoms with Crippen molar-refractivity contribution in [1.82, 2.24) is 10.3 Å². The second-order valence-electron chi connectivity index (χ2n) is 5.27. The number of fused-ring (bicyclic) bond motifs is 1. The topological polar surface area (TPSA) is 80.8 Å². The fourth-order valence-corrected chi connectivity index (χ4v) is 2.34. The Balaban J connectivity index is 1.65. The zero-order valence-corrected chi connectivity index (χ0v) is 13.2. The van der Waals surface area contributed by atoms with Crippen molar-refractivity contribution in [2.45, 2.75) is 13.5 Å². The molecule has 1 N–H and O–H groups in total. The molecule has 0 spiro atoms. The molecule has 124 valence electrons. The minimum atomic E-state index is -0.250. The van der Waals surface area contributed by atoms with Crippen molar-refractivity contribution in [3.8, 4) is 11.5 Å². The molecule has 1 aromatic heterocycles. The second-order valence-corrected chi connectivity index (χ2v) is 5.27. The molecule has 7 nitrogen and oxygen atoms in total. The normalized spacial score (nSPS) is 11.9. The maximum atomic E-state index is 12.2. The summed E-state index contributed by atoms with van der Waals surface area (Å²) in [6, 6.07) is 8.79. The highest BCUT2D eigenvalue weighted by Gasteiger charge is 2.20. The van der Waals surface area contributed by atoms with Crippen molar-refractivity contribution in [2.75, 3.05) is 18.2 Å². The van der Waals surface area contributed by atoms with E-state index in [9.17, 15) is 9.59 Å². The van der Waals surface area contributed by atoms with Gasteiger partial charge in [-0.05, 0) is 29.8 Å². The van der Waals surface area contributed by atoms with Crippen LogP contribution in [0.1, 0.15) is 12.5 Å². The van der Waals surface area contributed by atoms with E-state index >= 15 is 0 Å². The molecule has 2 heterocycles. The van der Waals surface area contributed by atoms with Crippen LogP contribution in [0.5, 0.6) is 11.5 Å². The van der Waals surface area contributed by atoms with Crippen LogP contribution in [0.15, 0.2) is 42.7 Å².